The molecule has 0 saturated heterocycles. The Labute approximate surface area is 137 Å². The number of rotatable bonds is 4. The summed E-state index contributed by atoms with van der Waals surface area (Å²) in [4.78, 5) is 17.5. The molecular weight excluding hydrogens is 329 g/mol. The number of halogens is 2. The van der Waals surface area contributed by atoms with Crippen LogP contribution in [0.4, 0.5) is 10.5 Å². The van der Waals surface area contributed by atoms with Gasteiger partial charge < -0.3 is 15.3 Å². The molecule has 0 aliphatic heterocycles. The molecule has 2 aromatic rings. The maximum Gasteiger partial charge on any atom is 0.321 e. The van der Waals surface area contributed by atoms with Crippen molar-refractivity contribution in [3.63, 3.8) is 0 Å². The largest absolute Gasteiger partial charge is 0.394 e. The van der Waals surface area contributed by atoms with Crippen LogP contribution in [0.1, 0.15) is 6.92 Å². The molecular formula is C13H15Cl2N5O2. The van der Waals surface area contributed by atoms with E-state index in [0.717, 1.165) is 0 Å². The van der Waals surface area contributed by atoms with Gasteiger partial charge in [0.05, 0.1) is 40.8 Å². The van der Waals surface area contributed by atoms with E-state index in [1.54, 1.807) is 26.2 Å². The average molecular weight is 344 g/mol. The second-order valence-corrected chi connectivity index (χ2v) is 5.55. The quantitative estimate of drug-likeness (QED) is 0.892. The first-order valence-corrected chi connectivity index (χ1v) is 7.18. The van der Waals surface area contributed by atoms with E-state index in [1.807, 2.05) is 0 Å². The molecule has 1 atom stereocenters. The van der Waals surface area contributed by atoms with Gasteiger partial charge >= 0.3 is 6.03 Å². The smallest absolute Gasteiger partial charge is 0.321 e. The minimum Gasteiger partial charge on any atom is -0.394 e. The zero-order chi connectivity index (χ0) is 16.3. The van der Waals surface area contributed by atoms with E-state index in [2.05, 4.69) is 15.4 Å². The van der Waals surface area contributed by atoms with Crippen molar-refractivity contribution in [1.29, 1.82) is 0 Å². The van der Waals surface area contributed by atoms with Gasteiger partial charge in [-0.25, -0.2) is 14.5 Å². The summed E-state index contributed by atoms with van der Waals surface area (Å²) in [6.07, 6.45) is 4.51. The second kappa shape index (κ2) is 6.95. The number of pyridine rings is 1. The molecule has 0 saturated carbocycles. The lowest BCUT2D eigenvalue weighted by Crippen LogP contribution is -2.40. The molecule has 0 aliphatic carbocycles. The van der Waals surface area contributed by atoms with E-state index in [0.29, 0.717) is 21.6 Å². The fourth-order valence-electron chi connectivity index (χ4n) is 1.61. The van der Waals surface area contributed by atoms with E-state index in [4.69, 9.17) is 28.3 Å². The maximum absolute atomic E-state index is 12.0. The number of nitrogens with one attached hydrogen (secondary N) is 1. The molecule has 0 unspecified atom stereocenters. The Morgan fingerprint density at radius 3 is 2.86 bits per heavy atom. The third-order valence-electron chi connectivity index (χ3n) is 3.08. The highest BCUT2D eigenvalue weighted by atomic mass is 35.5. The molecule has 2 N–H and O–H groups in total. The number of carbonyl (C=O) groups excluding carboxylic acids is 1. The minimum atomic E-state index is -0.351. The fraction of sp³-hybridized carbons (Fsp3) is 0.308. The summed E-state index contributed by atoms with van der Waals surface area (Å²) in [6, 6.07) is 0.918. The number of likely N-dealkylation sites (N-methyl/N-ethyl adjacent to an activating group) is 1. The van der Waals surface area contributed by atoms with Gasteiger partial charge in [0.2, 0.25) is 0 Å². The average Bonchev–Trinajstić information content (AvgIpc) is 2.93. The summed E-state index contributed by atoms with van der Waals surface area (Å²) in [6.45, 7) is 1.62. The number of hydrogen-bond acceptors (Lipinski definition) is 4. The Morgan fingerprint density at radius 2 is 2.23 bits per heavy atom. The fourth-order valence-corrected chi connectivity index (χ4v) is 2.08. The molecule has 2 heterocycles. The van der Waals surface area contributed by atoms with Gasteiger partial charge in [-0.2, -0.15) is 5.10 Å². The van der Waals surface area contributed by atoms with Crippen LogP contribution in [0.5, 0.6) is 0 Å². The van der Waals surface area contributed by atoms with Crippen molar-refractivity contribution in [2.75, 3.05) is 19.0 Å². The van der Waals surface area contributed by atoms with Crippen LogP contribution in [0.2, 0.25) is 10.0 Å². The van der Waals surface area contributed by atoms with Crippen LogP contribution in [0, 0.1) is 0 Å². The van der Waals surface area contributed by atoms with Crippen molar-refractivity contribution in [3.05, 3.63) is 34.7 Å². The summed E-state index contributed by atoms with van der Waals surface area (Å²) < 4.78 is 1.43. The minimum absolute atomic E-state index is 0.118. The summed E-state index contributed by atoms with van der Waals surface area (Å²) in [7, 11) is 1.60. The highest BCUT2D eigenvalue weighted by molar-refractivity contribution is 6.35. The van der Waals surface area contributed by atoms with Crippen LogP contribution < -0.4 is 5.32 Å². The number of urea groups is 1. The van der Waals surface area contributed by atoms with E-state index in [-0.39, 0.29) is 18.7 Å². The van der Waals surface area contributed by atoms with Crippen molar-refractivity contribution >= 4 is 34.9 Å². The second-order valence-electron chi connectivity index (χ2n) is 4.71. The number of nitrogens with zero attached hydrogens (tertiary/aromatic N) is 4. The van der Waals surface area contributed by atoms with Crippen molar-refractivity contribution in [3.8, 4) is 5.82 Å². The Bertz CT molecular complexity index is 676. The molecule has 2 aromatic heterocycles. The van der Waals surface area contributed by atoms with Gasteiger partial charge in [0.1, 0.15) is 0 Å². The van der Waals surface area contributed by atoms with Crippen LogP contribution >= 0.6 is 23.2 Å². The molecule has 7 nitrogen and oxygen atoms in total. The predicted molar refractivity (Wildman–Crippen MR) is 84.7 cm³/mol. The third kappa shape index (κ3) is 3.68. The molecule has 118 valence electrons. The number of amides is 2. The summed E-state index contributed by atoms with van der Waals surface area (Å²) in [5, 5.41) is 16.6. The molecule has 0 aliphatic rings. The van der Waals surface area contributed by atoms with Gasteiger partial charge in [0, 0.05) is 13.2 Å². The standard InChI is InChI=1S/C13H15Cl2N5O2/c1-8(7-21)19(2)13(22)18-10-5-17-20(6-10)12-11(15)3-9(14)4-16-12/h3-6,8,21H,7H2,1-2H3,(H,18,22)/t8-/m1/s1. The Kier molecular flexibility index (Phi) is 5.23. The van der Waals surface area contributed by atoms with Crippen LogP contribution in [0.25, 0.3) is 5.82 Å². The zero-order valence-corrected chi connectivity index (χ0v) is 13.5. The molecule has 2 amide bonds. The topological polar surface area (TPSA) is 83.3 Å². The molecule has 0 radical (unpaired) electrons. The van der Waals surface area contributed by atoms with Crippen molar-refractivity contribution in [2.45, 2.75) is 13.0 Å². The monoisotopic (exact) mass is 343 g/mol. The zero-order valence-electron chi connectivity index (χ0n) is 12.0. The number of hydrogen-bond donors (Lipinski definition) is 2. The molecule has 9 heteroatoms. The summed E-state index contributed by atoms with van der Waals surface area (Å²) >= 11 is 11.9. The number of aromatic nitrogens is 3. The number of aliphatic hydroxyl groups is 1. The Morgan fingerprint density at radius 1 is 1.50 bits per heavy atom. The van der Waals surface area contributed by atoms with Crippen LogP contribution in [0.3, 0.4) is 0 Å². The number of carbonyl (C=O) groups is 1. The van der Waals surface area contributed by atoms with Crippen molar-refractivity contribution in [2.24, 2.45) is 0 Å². The van der Waals surface area contributed by atoms with Gasteiger partial charge in [-0.05, 0) is 13.0 Å². The van der Waals surface area contributed by atoms with E-state index < -0.39 is 0 Å². The SMILES string of the molecule is C[C@H](CO)N(C)C(=O)Nc1cnn(-c2ncc(Cl)cc2Cl)c1. The Balaban J connectivity index is 2.13. The first-order valence-electron chi connectivity index (χ1n) is 6.43. The Hall–Kier alpha value is -1.83. The van der Waals surface area contributed by atoms with Crippen molar-refractivity contribution < 1.29 is 9.90 Å². The lowest BCUT2D eigenvalue weighted by Gasteiger charge is -2.22. The van der Waals surface area contributed by atoms with Crippen LogP contribution in [-0.2, 0) is 0 Å². The summed E-state index contributed by atoms with van der Waals surface area (Å²) in [5.74, 6) is 0.406. The van der Waals surface area contributed by atoms with Gasteiger partial charge in [-0.3, -0.25) is 0 Å². The van der Waals surface area contributed by atoms with E-state index in [9.17, 15) is 4.79 Å². The van der Waals surface area contributed by atoms with Gasteiger partial charge in [0.25, 0.3) is 0 Å². The maximum atomic E-state index is 12.0. The molecule has 2 rings (SSSR count). The van der Waals surface area contributed by atoms with Gasteiger partial charge in [-0.1, -0.05) is 23.2 Å². The van der Waals surface area contributed by atoms with Gasteiger partial charge in [-0.15, -0.1) is 0 Å². The molecule has 0 aromatic carbocycles. The van der Waals surface area contributed by atoms with Gasteiger partial charge in [0.15, 0.2) is 5.82 Å². The number of aliphatic hydroxyl groups excluding tert-OH is 1. The molecule has 0 fully saturated rings. The predicted octanol–water partition coefficient (Wildman–Crippen LogP) is 2.42. The molecule has 0 spiro atoms. The first-order chi connectivity index (χ1) is 10.4. The highest BCUT2D eigenvalue weighted by Crippen LogP contribution is 2.22. The lowest BCUT2D eigenvalue weighted by molar-refractivity contribution is 0.166. The normalized spacial score (nSPS) is 12.0. The molecule has 22 heavy (non-hydrogen) atoms. The number of anilines is 1. The van der Waals surface area contributed by atoms with E-state index in [1.165, 1.54) is 22.0 Å². The highest BCUT2D eigenvalue weighted by Gasteiger charge is 2.16. The van der Waals surface area contributed by atoms with E-state index >= 15 is 0 Å². The summed E-state index contributed by atoms with van der Waals surface area (Å²) in [5.41, 5.74) is 0.481. The van der Waals surface area contributed by atoms with Crippen LogP contribution in [-0.4, -0.2) is 50.5 Å². The lowest BCUT2D eigenvalue weighted by atomic mass is 10.3. The molecule has 0 bridgehead atoms. The first kappa shape index (κ1) is 16.5. The van der Waals surface area contributed by atoms with Crippen LogP contribution in [0.15, 0.2) is 24.7 Å². The van der Waals surface area contributed by atoms with Crippen molar-refractivity contribution in [1.82, 2.24) is 19.7 Å². The third-order valence-corrected chi connectivity index (χ3v) is 3.57.